The van der Waals surface area contributed by atoms with Crippen LogP contribution >= 0.6 is 0 Å². The monoisotopic (exact) mass is 600 g/mol. The van der Waals surface area contributed by atoms with E-state index in [1.165, 1.54) is 25.5 Å². The van der Waals surface area contributed by atoms with Crippen LogP contribution in [-0.2, 0) is 26.2 Å². The zero-order valence-electron chi connectivity index (χ0n) is 23.8. The Balaban J connectivity index is 1.33. The van der Waals surface area contributed by atoms with Gasteiger partial charge in [-0.25, -0.2) is 13.8 Å². The second kappa shape index (κ2) is 14.6. The van der Waals surface area contributed by atoms with E-state index in [9.17, 15) is 18.0 Å². The molecule has 2 N–H and O–H groups in total. The van der Waals surface area contributed by atoms with E-state index in [2.05, 4.69) is 15.8 Å². The van der Waals surface area contributed by atoms with E-state index in [0.29, 0.717) is 29.3 Å². The zero-order valence-corrected chi connectivity index (χ0v) is 24.6. The Labute approximate surface area is 251 Å². The average molecular weight is 601 g/mol. The number of hydrazone groups is 1. The smallest absolute Gasteiger partial charge is 0.264 e. The van der Waals surface area contributed by atoms with Gasteiger partial charge in [0.15, 0.2) is 6.61 Å². The molecule has 0 heterocycles. The van der Waals surface area contributed by atoms with E-state index in [1.807, 2.05) is 37.3 Å². The lowest BCUT2D eigenvalue weighted by Gasteiger charge is -2.24. The molecular weight excluding hydrogens is 568 g/mol. The molecule has 0 saturated carbocycles. The van der Waals surface area contributed by atoms with Gasteiger partial charge in [-0.1, -0.05) is 48.0 Å². The summed E-state index contributed by atoms with van der Waals surface area (Å²) in [5.74, 6) is 0.131. The largest absolute Gasteiger partial charge is 0.497 e. The number of ether oxygens (including phenoxy) is 2. The summed E-state index contributed by atoms with van der Waals surface area (Å²) >= 11 is 0. The van der Waals surface area contributed by atoms with E-state index < -0.39 is 22.5 Å². The van der Waals surface area contributed by atoms with E-state index in [-0.39, 0.29) is 17.4 Å². The molecule has 0 saturated heterocycles. The lowest BCUT2D eigenvalue weighted by atomic mass is 10.2. The van der Waals surface area contributed by atoms with Crippen LogP contribution < -0.4 is 24.5 Å². The van der Waals surface area contributed by atoms with Gasteiger partial charge in [-0.15, -0.1) is 0 Å². The SMILES string of the molecule is COc1ccc(S(=O)(=O)N(CC(=O)NN=Cc2ccc(OCC(=O)NCc3ccccc3)cc2)c2ccc(C)cc2)cc1. The Kier molecular flexibility index (Phi) is 10.5. The lowest BCUT2D eigenvalue weighted by Crippen LogP contribution is -2.39. The van der Waals surface area contributed by atoms with E-state index in [4.69, 9.17) is 9.47 Å². The van der Waals surface area contributed by atoms with Crippen molar-refractivity contribution in [2.45, 2.75) is 18.4 Å². The van der Waals surface area contributed by atoms with E-state index in [0.717, 1.165) is 15.4 Å². The minimum absolute atomic E-state index is 0.0150. The maximum absolute atomic E-state index is 13.5. The number of nitrogens with one attached hydrogen (secondary N) is 2. The molecule has 0 atom stereocenters. The number of sulfonamides is 1. The van der Waals surface area contributed by atoms with Gasteiger partial charge in [-0.2, -0.15) is 5.10 Å². The topological polar surface area (TPSA) is 126 Å². The Morgan fingerprint density at radius 1 is 0.837 bits per heavy atom. The number of amides is 2. The molecule has 4 rings (SSSR count). The van der Waals surface area contributed by atoms with Gasteiger partial charge in [0.25, 0.3) is 21.8 Å². The quantitative estimate of drug-likeness (QED) is 0.176. The molecule has 0 radical (unpaired) electrons. The summed E-state index contributed by atoms with van der Waals surface area (Å²) < 4.78 is 38.7. The van der Waals surface area contributed by atoms with Crippen molar-refractivity contribution in [2.24, 2.45) is 5.10 Å². The van der Waals surface area contributed by atoms with Gasteiger partial charge >= 0.3 is 0 Å². The van der Waals surface area contributed by atoms with Crippen molar-refractivity contribution in [3.63, 3.8) is 0 Å². The maximum Gasteiger partial charge on any atom is 0.264 e. The van der Waals surface area contributed by atoms with Crippen molar-refractivity contribution >= 4 is 33.7 Å². The number of methoxy groups -OCH3 is 1. The van der Waals surface area contributed by atoms with Crippen LogP contribution in [0.2, 0.25) is 0 Å². The summed E-state index contributed by atoms with van der Waals surface area (Å²) in [5.41, 5.74) is 5.32. The zero-order chi connectivity index (χ0) is 30.7. The van der Waals surface area contributed by atoms with Gasteiger partial charge in [0.2, 0.25) is 0 Å². The number of nitrogens with zero attached hydrogens (tertiary/aromatic N) is 2. The molecule has 0 spiro atoms. The first kappa shape index (κ1) is 30.8. The number of anilines is 1. The fraction of sp³-hybridized carbons (Fsp3) is 0.156. The van der Waals surface area contributed by atoms with Crippen molar-refractivity contribution in [1.82, 2.24) is 10.7 Å². The highest BCUT2D eigenvalue weighted by molar-refractivity contribution is 7.92. The Morgan fingerprint density at radius 3 is 2.14 bits per heavy atom. The first-order valence-corrected chi connectivity index (χ1v) is 14.8. The van der Waals surface area contributed by atoms with Gasteiger partial charge < -0.3 is 14.8 Å². The molecule has 0 aromatic heterocycles. The molecule has 2 amide bonds. The minimum atomic E-state index is -4.08. The van der Waals surface area contributed by atoms with Crippen molar-refractivity contribution in [1.29, 1.82) is 0 Å². The Hall–Kier alpha value is -5.16. The van der Waals surface area contributed by atoms with Gasteiger partial charge in [0.1, 0.15) is 18.0 Å². The maximum atomic E-state index is 13.5. The molecule has 0 unspecified atom stereocenters. The minimum Gasteiger partial charge on any atom is -0.497 e. The molecule has 0 bridgehead atoms. The Morgan fingerprint density at radius 2 is 1.49 bits per heavy atom. The van der Waals surface area contributed by atoms with Crippen LogP contribution in [0.3, 0.4) is 0 Å². The molecule has 0 aliphatic heterocycles. The first-order valence-electron chi connectivity index (χ1n) is 13.3. The average Bonchev–Trinajstić information content (AvgIpc) is 3.03. The number of aryl methyl sites for hydroxylation is 1. The predicted octanol–water partition coefficient (Wildman–Crippen LogP) is 4.04. The highest BCUT2D eigenvalue weighted by Crippen LogP contribution is 2.25. The first-order chi connectivity index (χ1) is 20.7. The summed E-state index contributed by atoms with van der Waals surface area (Å²) in [6.45, 7) is 1.68. The summed E-state index contributed by atoms with van der Waals surface area (Å²) in [6, 6.07) is 29.1. The van der Waals surface area contributed by atoms with Crippen molar-refractivity contribution in [3.8, 4) is 11.5 Å². The van der Waals surface area contributed by atoms with Crippen molar-refractivity contribution in [3.05, 3.63) is 120 Å². The lowest BCUT2D eigenvalue weighted by molar-refractivity contribution is -0.123. The number of rotatable bonds is 13. The van der Waals surface area contributed by atoms with Crippen LogP contribution in [0, 0.1) is 6.92 Å². The molecule has 222 valence electrons. The van der Waals surface area contributed by atoms with Crippen LogP contribution in [-0.4, -0.2) is 46.7 Å². The third-order valence-electron chi connectivity index (χ3n) is 6.24. The van der Waals surface area contributed by atoms with Crippen LogP contribution in [0.1, 0.15) is 16.7 Å². The third-order valence-corrected chi connectivity index (χ3v) is 8.03. The molecule has 0 aliphatic rings. The fourth-order valence-electron chi connectivity index (χ4n) is 3.89. The van der Waals surface area contributed by atoms with E-state index >= 15 is 0 Å². The summed E-state index contributed by atoms with van der Waals surface area (Å²) in [4.78, 5) is 24.9. The van der Waals surface area contributed by atoms with Crippen molar-refractivity contribution < 1.29 is 27.5 Å². The molecule has 10 nitrogen and oxygen atoms in total. The number of hydrogen-bond donors (Lipinski definition) is 2. The number of carbonyl (C=O) groups is 2. The highest BCUT2D eigenvalue weighted by atomic mass is 32.2. The van der Waals surface area contributed by atoms with Gasteiger partial charge in [-0.3, -0.25) is 13.9 Å². The number of carbonyl (C=O) groups excluding carboxylic acids is 2. The molecule has 43 heavy (non-hydrogen) atoms. The molecular formula is C32H32N4O6S. The standard InChI is InChI=1S/C32H32N4O6S/c1-24-8-12-27(13-9-24)36(43(39,40)30-18-16-28(41-2)17-19-30)22-31(37)35-34-21-26-10-14-29(15-11-26)42-23-32(38)33-20-25-6-4-3-5-7-25/h3-19,21H,20,22-23H2,1-2H3,(H,33,38)(H,35,37). The van der Waals surface area contributed by atoms with Crippen LogP contribution in [0.5, 0.6) is 11.5 Å². The highest BCUT2D eigenvalue weighted by Gasteiger charge is 2.27. The molecule has 4 aromatic carbocycles. The van der Waals surface area contributed by atoms with Crippen LogP contribution in [0.15, 0.2) is 113 Å². The van der Waals surface area contributed by atoms with Gasteiger partial charge in [0, 0.05) is 6.54 Å². The fourth-order valence-corrected chi connectivity index (χ4v) is 5.31. The Bertz CT molecular complexity index is 1640. The molecule has 0 fully saturated rings. The second-order valence-corrected chi connectivity index (χ2v) is 11.3. The number of benzene rings is 4. The molecule has 4 aromatic rings. The third kappa shape index (κ3) is 8.91. The normalized spacial score (nSPS) is 11.1. The van der Waals surface area contributed by atoms with Crippen LogP contribution in [0.4, 0.5) is 5.69 Å². The summed E-state index contributed by atoms with van der Waals surface area (Å²) in [6.07, 6.45) is 1.42. The van der Waals surface area contributed by atoms with Crippen molar-refractivity contribution in [2.75, 3.05) is 24.6 Å². The van der Waals surface area contributed by atoms with E-state index in [1.54, 1.807) is 60.7 Å². The summed E-state index contributed by atoms with van der Waals surface area (Å²) in [7, 11) is -2.59. The van der Waals surface area contributed by atoms with Crippen LogP contribution in [0.25, 0.3) is 0 Å². The molecule has 11 heteroatoms. The van der Waals surface area contributed by atoms with Gasteiger partial charge in [0.05, 0.1) is 23.9 Å². The summed E-state index contributed by atoms with van der Waals surface area (Å²) in [5, 5.41) is 6.77. The predicted molar refractivity (Wildman–Crippen MR) is 165 cm³/mol. The molecule has 0 aliphatic carbocycles. The van der Waals surface area contributed by atoms with Gasteiger partial charge in [-0.05, 0) is 78.7 Å². The number of hydrogen-bond acceptors (Lipinski definition) is 7. The second-order valence-electron chi connectivity index (χ2n) is 9.44.